The van der Waals surface area contributed by atoms with Crippen molar-refractivity contribution in [2.45, 2.75) is 19.9 Å². The van der Waals surface area contributed by atoms with Crippen LogP contribution in [-0.4, -0.2) is 19.8 Å². The van der Waals surface area contributed by atoms with E-state index in [0.29, 0.717) is 6.61 Å². The predicted molar refractivity (Wildman–Crippen MR) is 88.8 cm³/mol. The fourth-order valence-electron chi connectivity index (χ4n) is 2.77. The third-order valence-electron chi connectivity index (χ3n) is 4.02. The summed E-state index contributed by atoms with van der Waals surface area (Å²) >= 11 is 0. The Morgan fingerprint density at radius 2 is 1.86 bits per heavy atom. The third-order valence-corrected chi connectivity index (χ3v) is 4.02. The molecule has 1 heterocycles. The minimum atomic E-state index is -0.353. The van der Waals surface area contributed by atoms with E-state index in [1.165, 1.54) is 0 Å². The molecule has 0 unspecified atom stereocenters. The van der Waals surface area contributed by atoms with Gasteiger partial charge in [-0.25, -0.2) is 4.79 Å². The molecule has 1 atom stereocenters. The van der Waals surface area contributed by atoms with Gasteiger partial charge in [-0.3, -0.25) is 0 Å². The van der Waals surface area contributed by atoms with E-state index in [4.69, 9.17) is 9.47 Å². The van der Waals surface area contributed by atoms with Gasteiger partial charge in [-0.1, -0.05) is 32.0 Å². The first kappa shape index (κ1) is 16.4. The molecule has 0 aromatic heterocycles. The van der Waals surface area contributed by atoms with Crippen molar-refractivity contribution in [2.24, 2.45) is 5.41 Å². The molecule has 2 aromatic rings. The molecule has 0 bridgehead atoms. The molecule has 4 nitrogen and oxygen atoms in total. The van der Waals surface area contributed by atoms with Gasteiger partial charge in [0, 0.05) is 5.41 Å². The van der Waals surface area contributed by atoms with Crippen LogP contribution in [0.25, 0.3) is 10.8 Å². The standard InChI is InChI=1S/C17H19NO3.ClH/c1-17(2)10-21-16(19)18-15(17)13-5-4-12-9-14(20-3)7-6-11(12)8-13;/h4-9,15H,10H2,1-3H3,(H,18,19);1H/t15-;/m0./s1. The number of alkyl carbamates (subject to hydrolysis) is 1. The molecular formula is C17H20ClNO3. The Morgan fingerprint density at radius 1 is 1.18 bits per heavy atom. The van der Waals surface area contributed by atoms with Crippen molar-refractivity contribution in [2.75, 3.05) is 13.7 Å². The van der Waals surface area contributed by atoms with E-state index in [0.717, 1.165) is 22.1 Å². The zero-order chi connectivity index (χ0) is 15.0. The fourth-order valence-corrected chi connectivity index (χ4v) is 2.77. The van der Waals surface area contributed by atoms with Gasteiger partial charge >= 0.3 is 6.09 Å². The summed E-state index contributed by atoms with van der Waals surface area (Å²) < 4.78 is 10.3. The number of hydrogen-bond donors (Lipinski definition) is 1. The first-order chi connectivity index (χ1) is 9.99. The molecule has 0 saturated carbocycles. The number of benzene rings is 2. The van der Waals surface area contributed by atoms with Crippen LogP contribution in [0.4, 0.5) is 4.79 Å². The number of methoxy groups -OCH3 is 1. The number of carbonyl (C=O) groups is 1. The molecule has 3 rings (SSSR count). The summed E-state index contributed by atoms with van der Waals surface area (Å²) in [6, 6.07) is 12.2. The molecule has 1 amide bonds. The van der Waals surface area contributed by atoms with Gasteiger partial charge in [0.15, 0.2) is 0 Å². The summed E-state index contributed by atoms with van der Waals surface area (Å²) in [6.45, 7) is 4.61. The summed E-state index contributed by atoms with van der Waals surface area (Å²) in [7, 11) is 1.66. The Hall–Kier alpha value is -1.94. The van der Waals surface area contributed by atoms with E-state index in [1.54, 1.807) is 7.11 Å². The number of nitrogens with one attached hydrogen (secondary N) is 1. The van der Waals surface area contributed by atoms with Crippen LogP contribution < -0.4 is 10.1 Å². The maximum absolute atomic E-state index is 11.5. The van der Waals surface area contributed by atoms with Crippen LogP contribution in [0.3, 0.4) is 0 Å². The van der Waals surface area contributed by atoms with Crippen LogP contribution in [0, 0.1) is 5.41 Å². The number of rotatable bonds is 2. The molecule has 1 aliphatic rings. The zero-order valence-electron chi connectivity index (χ0n) is 12.9. The molecule has 0 radical (unpaired) electrons. The normalized spacial score (nSPS) is 19.8. The Bertz CT molecular complexity index is 699. The molecular weight excluding hydrogens is 302 g/mol. The van der Waals surface area contributed by atoms with Crippen molar-refractivity contribution >= 4 is 29.3 Å². The second kappa shape index (κ2) is 6.05. The van der Waals surface area contributed by atoms with Crippen molar-refractivity contribution in [3.63, 3.8) is 0 Å². The van der Waals surface area contributed by atoms with Gasteiger partial charge in [-0.05, 0) is 34.5 Å². The van der Waals surface area contributed by atoms with Gasteiger partial charge in [-0.2, -0.15) is 0 Å². The summed E-state index contributed by atoms with van der Waals surface area (Å²) in [5.41, 5.74) is 0.947. The van der Waals surface area contributed by atoms with Crippen LogP contribution in [0.5, 0.6) is 5.75 Å². The van der Waals surface area contributed by atoms with Crippen molar-refractivity contribution in [3.05, 3.63) is 42.0 Å². The number of ether oxygens (including phenoxy) is 2. The van der Waals surface area contributed by atoms with Gasteiger partial charge in [0.05, 0.1) is 13.2 Å². The van der Waals surface area contributed by atoms with Gasteiger partial charge in [0.25, 0.3) is 0 Å². The van der Waals surface area contributed by atoms with Crippen LogP contribution in [0.15, 0.2) is 36.4 Å². The lowest BCUT2D eigenvalue weighted by Crippen LogP contribution is -2.46. The van der Waals surface area contributed by atoms with E-state index < -0.39 is 0 Å². The SMILES string of the molecule is COc1ccc2cc([C@@H]3NC(=O)OCC3(C)C)ccc2c1.Cl. The number of carbonyl (C=O) groups excluding carboxylic acids is 1. The molecule has 118 valence electrons. The fraction of sp³-hybridized carbons (Fsp3) is 0.353. The molecule has 1 aliphatic heterocycles. The van der Waals surface area contributed by atoms with E-state index in [1.807, 2.05) is 18.2 Å². The molecule has 5 heteroatoms. The smallest absolute Gasteiger partial charge is 0.407 e. The van der Waals surface area contributed by atoms with Crippen LogP contribution in [-0.2, 0) is 4.74 Å². The summed E-state index contributed by atoms with van der Waals surface area (Å²) in [4.78, 5) is 11.5. The average molecular weight is 322 g/mol. The van der Waals surface area contributed by atoms with Gasteiger partial charge < -0.3 is 14.8 Å². The quantitative estimate of drug-likeness (QED) is 0.906. The maximum atomic E-state index is 11.5. The Balaban J connectivity index is 0.00000176. The summed E-state index contributed by atoms with van der Waals surface area (Å²) in [5, 5.41) is 5.17. The highest BCUT2D eigenvalue weighted by Crippen LogP contribution is 2.37. The molecule has 22 heavy (non-hydrogen) atoms. The molecule has 1 N–H and O–H groups in total. The first-order valence-electron chi connectivity index (χ1n) is 7.00. The van der Waals surface area contributed by atoms with Gasteiger partial charge in [0.1, 0.15) is 12.4 Å². The average Bonchev–Trinajstić information content (AvgIpc) is 2.48. The van der Waals surface area contributed by atoms with Crippen molar-refractivity contribution in [1.29, 1.82) is 0 Å². The number of hydrogen-bond acceptors (Lipinski definition) is 3. The second-order valence-electron chi connectivity index (χ2n) is 6.11. The Kier molecular flexibility index (Phi) is 4.52. The molecule has 0 spiro atoms. The van der Waals surface area contributed by atoms with Crippen molar-refractivity contribution in [3.8, 4) is 5.75 Å². The first-order valence-corrected chi connectivity index (χ1v) is 7.00. The largest absolute Gasteiger partial charge is 0.497 e. The van der Waals surface area contributed by atoms with E-state index >= 15 is 0 Å². The lowest BCUT2D eigenvalue weighted by Gasteiger charge is -2.38. The lowest BCUT2D eigenvalue weighted by atomic mass is 9.80. The highest BCUT2D eigenvalue weighted by molar-refractivity contribution is 5.85. The third kappa shape index (κ3) is 2.97. The monoisotopic (exact) mass is 321 g/mol. The number of cyclic esters (lactones) is 1. The van der Waals surface area contributed by atoms with Gasteiger partial charge in [-0.15, -0.1) is 12.4 Å². The minimum Gasteiger partial charge on any atom is -0.497 e. The Morgan fingerprint density at radius 3 is 2.59 bits per heavy atom. The molecule has 1 saturated heterocycles. The van der Waals surface area contributed by atoms with E-state index in [9.17, 15) is 4.79 Å². The number of amides is 1. The highest BCUT2D eigenvalue weighted by atomic mass is 35.5. The maximum Gasteiger partial charge on any atom is 0.407 e. The van der Waals surface area contributed by atoms with E-state index in [-0.39, 0.29) is 30.0 Å². The zero-order valence-corrected chi connectivity index (χ0v) is 13.7. The Labute approximate surface area is 136 Å². The molecule has 2 aromatic carbocycles. The van der Waals surface area contributed by atoms with Crippen LogP contribution >= 0.6 is 12.4 Å². The van der Waals surface area contributed by atoms with Crippen molar-refractivity contribution < 1.29 is 14.3 Å². The predicted octanol–water partition coefficient (Wildman–Crippen LogP) is 4.08. The summed E-state index contributed by atoms with van der Waals surface area (Å²) in [5.74, 6) is 0.843. The second-order valence-corrected chi connectivity index (χ2v) is 6.11. The minimum absolute atomic E-state index is 0. The van der Waals surface area contributed by atoms with E-state index in [2.05, 4.69) is 37.4 Å². The summed E-state index contributed by atoms with van der Waals surface area (Å²) in [6.07, 6.45) is -0.353. The number of halogens is 1. The van der Waals surface area contributed by atoms with Crippen LogP contribution in [0.2, 0.25) is 0 Å². The molecule has 0 aliphatic carbocycles. The van der Waals surface area contributed by atoms with Crippen molar-refractivity contribution in [1.82, 2.24) is 5.32 Å². The highest BCUT2D eigenvalue weighted by Gasteiger charge is 2.37. The molecule has 1 fully saturated rings. The lowest BCUT2D eigenvalue weighted by molar-refractivity contribution is 0.0388. The van der Waals surface area contributed by atoms with Gasteiger partial charge in [0.2, 0.25) is 0 Å². The van der Waals surface area contributed by atoms with Crippen LogP contribution in [0.1, 0.15) is 25.5 Å². The topological polar surface area (TPSA) is 47.6 Å². The number of fused-ring (bicyclic) bond motifs is 1.